The Labute approximate surface area is 115 Å². The largest absolute Gasteiger partial charge is 0.379 e. The van der Waals surface area contributed by atoms with Gasteiger partial charge < -0.3 is 10.1 Å². The number of morpholine rings is 1. The van der Waals surface area contributed by atoms with Gasteiger partial charge in [-0.05, 0) is 32.9 Å². The highest BCUT2D eigenvalue weighted by Crippen LogP contribution is 2.23. The second-order valence-corrected chi connectivity index (χ2v) is 5.82. The van der Waals surface area contributed by atoms with Gasteiger partial charge in [0, 0.05) is 37.9 Å². The maximum Gasteiger partial charge on any atom is 0.0594 e. The van der Waals surface area contributed by atoms with E-state index in [0.29, 0.717) is 6.04 Å². The Morgan fingerprint density at radius 2 is 2.11 bits per heavy atom. The van der Waals surface area contributed by atoms with Crippen LogP contribution in [0.2, 0.25) is 0 Å². The van der Waals surface area contributed by atoms with Crippen LogP contribution in [0.25, 0.3) is 0 Å². The van der Waals surface area contributed by atoms with E-state index in [9.17, 15) is 0 Å². The van der Waals surface area contributed by atoms with Crippen LogP contribution >= 0.6 is 0 Å². The monoisotopic (exact) mass is 266 g/mol. The average Bonchev–Trinajstić information content (AvgIpc) is 2.82. The maximum absolute atomic E-state index is 5.45. The average molecular weight is 266 g/mol. The van der Waals surface area contributed by atoms with E-state index in [0.717, 1.165) is 32.7 Å². The van der Waals surface area contributed by atoms with Crippen molar-refractivity contribution < 1.29 is 4.74 Å². The Kier molecular flexibility index (Phi) is 4.60. The first-order valence-corrected chi connectivity index (χ1v) is 7.01. The molecule has 1 aromatic rings. The molecule has 1 aliphatic rings. The van der Waals surface area contributed by atoms with Gasteiger partial charge in [-0.1, -0.05) is 0 Å². The quantitative estimate of drug-likeness (QED) is 0.850. The van der Waals surface area contributed by atoms with Crippen molar-refractivity contribution in [2.45, 2.75) is 31.8 Å². The summed E-state index contributed by atoms with van der Waals surface area (Å²) in [4.78, 5) is 2.52. The molecule has 1 fully saturated rings. The van der Waals surface area contributed by atoms with Crippen molar-refractivity contribution in [3.8, 4) is 0 Å². The van der Waals surface area contributed by atoms with E-state index < -0.39 is 0 Å². The molecular formula is C14H26N4O. The van der Waals surface area contributed by atoms with Gasteiger partial charge >= 0.3 is 0 Å². The van der Waals surface area contributed by atoms with Crippen molar-refractivity contribution in [2.75, 3.05) is 33.4 Å². The van der Waals surface area contributed by atoms with Gasteiger partial charge in [0.25, 0.3) is 0 Å². The number of aryl methyl sites for hydroxylation is 1. The van der Waals surface area contributed by atoms with Crippen molar-refractivity contribution in [1.82, 2.24) is 20.0 Å². The summed E-state index contributed by atoms with van der Waals surface area (Å²) in [7, 11) is 4.01. The Hall–Kier alpha value is -0.910. The van der Waals surface area contributed by atoms with E-state index in [1.54, 1.807) is 0 Å². The standard InChI is InChI=1S/C14H26N4O/c1-14(2,18-5-7-19-8-6-18)13(15-3)9-12-10-16-17(4)11-12/h10-11,13,15H,5-9H2,1-4H3. The second-order valence-electron chi connectivity index (χ2n) is 5.82. The van der Waals surface area contributed by atoms with Crippen LogP contribution in [0.5, 0.6) is 0 Å². The molecule has 5 heteroatoms. The Bertz CT molecular complexity index is 396. The molecule has 2 rings (SSSR count). The van der Waals surface area contributed by atoms with Crippen molar-refractivity contribution >= 4 is 0 Å². The van der Waals surface area contributed by atoms with Crippen LogP contribution in [0, 0.1) is 0 Å². The predicted molar refractivity (Wildman–Crippen MR) is 76.2 cm³/mol. The normalized spacial score (nSPS) is 19.6. The van der Waals surface area contributed by atoms with Crippen LogP contribution in [0.1, 0.15) is 19.4 Å². The van der Waals surface area contributed by atoms with Crippen LogP contribution in [-0.4, -0.2) is 59.6 Å². The molecular weight excluding hydrogens is 240 g/mol. The van der Waals surface area contributed by atoms with E-state index in [1.807, 2.05) is 25.0 Å². The molecule has 0 aliphatic carbocycles. The van der Waals surface area contributed by atoms with Gasteiger partial charge in [0.05, 0.1) is 19.4 Å². The third kappa shape index (κ3) is 3.35. The number of aromatic nitrogens is 2. The molecule has 0 spiro atoms. The van der Waals surface area contributed by atoms with Crippen LogP contribution in [-0.2, 0) is 18.2 Å². The molecule has 0 amide bonds. The minimum absolute atomic E-state index is 0.106. The summed E-state index contributed by atoms with van der Waals surface area (Å²) in [5.41, 5.74) is 1.39. The first kappa shape index (κ1) is 14.5. The van der Waals surface area contributed by atoms with Crippen molar-refractivity contribution in [2.24, 2.45) is 7.05 Å². The van der Waals surface area contributed by atoms with Gasteiger partial charge in [-0.15, -0.1) is 0 Å². The molecule has 5 nitrogen and oxygen atoms in total. The zero-order valence-corrected chi connectivity index (χ0v) is 12.5. The van der Waals surface area contributed by atoms with Gasteiger partial charge in [-0.2, -0.15) is 5.10 Å². The summed E-state index contributed by atoms with van der Waals surface area (Å²) in [6.07, 6.45) is 5.05. The van der Waals surface area contributed by atoms with Crippen LogP contribution < -0.4 is 5.32 Å². The highest BCUT2D eigenvalue weighted by molar-refractivity contribution is 5.09. The van der Waals surface area contributed by atoms with Crippen molar-refractivity contribution in [3.05, 3.63) is 18.0 Å². The molecule has 0 aromatic carbocycles. The van der Waals surface area contributed by atoms with E-state index in [2.05, 4.69) is 35.4 Å². The van der Waals surface area contributed by atoms with E-state index >= 15 is 0 Å². The number of nitrogens with zero attached hydrogens (tertiary/aromatic N) is 3. The third-order valence-electron chi connectivity index (χ3n) is 4.23. The lowest BCUT2D eigenvalue weighted by molar-refractivity contribution is -0.0223. The Balaban J connectivity index is 2.06. The molecule has 1 N–H and O–H groups in total. The fourth-order valence-electron chi connectivity index (χ4n) is 2.88. The summed E-state index contributed by atoms with van der Waals surface area (Å²) < 4.78 is 7.32. The smallest absolute Gasteiger partial charge is 0.0594 e. The summed E-state index contributed by atoms with van der Waals surface area (Å²) in [6.45, 7) is 8.33. The first-order valence-electron chi connectivity index (χ1n) is 7.01. The van der Waals surface area contributed by atoms with Crippen LogP contribution in [0.4, 0.5) is 0 Å². The summed E-state index contributed by atoms with van der Waals surface area (Å²) >= 11 is 0. The summed E-state index contributed by atoms with van der Waals surface area (Å²) in [6, 6.07) is 0.398. The lowest BCUT2D eigenvalue weighted by Crippen LogP contribution is -2.60. The van der Waals surface area contributed by atoms with Gasteiger partial charge in [-0.3, -0.25) is 9.58 Å². The van der Waals surface area contributed by atoms with Crippen LogP contribution in [0.3, 0.4) is 0 Å². The zero-order valence-electron chi connectivity index (χ0n) is 12.5. The second kappa shape index (κ2) is 6.03. The Morgan fingerprint density at radius 1 is 1.42 bits per heavy atom. The highest BCUT2D eigenvalue weighted by Gasteiger charge is 2.35. The minimum Gasteiger partial charge on any atom is -0.379 e. The fourth-order valence-corrected chi connectivity index (χ4v) is 2.88. The summed E-state index contributed by atoms with van der Waals surface area (Å²) in [5, 5.41) is 7.73. The van der Waals surface area contributed by atoms with E-state index in [-0.39, 0.29) is 5.54 Å². The summed E-state index contributed by atoms with van der Waals surface area (Å²) in [5.74, 6) is 0. The molecule has 108 valence electrons. The van der Waals surface area contributed by atoms with Gasteiger partial charge in [0.15, 0.2) is 0 Å². The number of rotatable bonds is 5. The topological polar surface area (TPSA) is 42.3 Å². The molecule has 1 atom stereocenters. The molecule has 0 bridgehead atoms. The van der Waals surface area contributed by atoms with Crippen molar-refractivity contribution in [3.63, 3.8) is 0 Å². The molecule has 1 unspecified atom stereocenters. The van der Waals surface area contributed by atoms with Crippen molar-refractivity contribution in [1.29, 1.82) is 0 Å². The number of ether oxygens (including phenoxy) is 1. The molecule has 0 radical (unpaired) electrons. The first-order chi connectivity index (χ1) is 9.04. The number of hydrogen-bond acceptors (Lipinski definition) is 4. The molecule has 0 saturated carbocycles. The minimum atomic E-state index is 0.106. The number of nitrogens with one attached hydrogen (secondary N) is 1. The molecule has 1 saturated heterocycles. The molecule has 19 heavy (non-hydrogen) atoms. The Morgan fingerprint density at radius 3 is 2.63 bits per heavy atom. The molecule has 2 heterocycles. The lowest BCUT2D eigenvalue weighted by atomic mass is 9.88. The maximum atomic E-state index is 5.45. The SMILES string of the molecule is CNC(Cc1cnn(C)c1)C(C)(C)N1CCOCC1. The third-order valence-corrected chi connectivity index (χ3v) is 4.23. The van der Waals surface area contributed by atoms with Gasteiger partial charge in [-0.25, -0.2) is 0 Å². The zero-order chi connectivity index (χ0) is 13.9. The van der Waals surface area contributed by atoms with E-state index in [4.69, 9.17) is 4.74 Å². The van der Waals surface area contributed by atoms with Crippen LogP contribution in [0.15, 0.2) is 12.4 Å². The fraction of sp³-hybridized carbons (Fsp3) is 0.786. The van der Waals surface area contributed by atoms with Gasteiger partial charge in [0.1, 0.15) is 0 Å². The molecule has 1 aromatic heterocycles. The predicted octanol–water partition coefficient (Wildman–Crippen LogP) is 0.661. The van der Waals surface area contributed by atoms with Gasteiger partial charge in [0.2, 0.25) is 0 Å². The number of likely N-dealkylation sites (N-methyl/N-ethyl adjacent to an activating group) is 1. The molecule has 1 aliphatic heterocycles. The lowest BCUT2D eigenvalue weighted by Gasteiger charge is -2.45. The van der Waals surface area contributed by atoms with E-state index in [1.165, 1.54) is 5.56 Å². The number of hydrogen-bond donors (Lipinski definition) is 1. The highest BCUT2D eigenvalue weighted by atomic mass is 16.5.